The van der Waals surface area contributed by atoms with Crippen molar-refractivity contribution in [3.63, 3.8) is 0 Å². The van der Waals surface area contributed by atoms with E-state index >= 15 is 0 Å². The Morgan fingerprint density at radius 1 is 1.47 bits per heavy atom. The first kappa shape index (κ1) is 12.8. The topological polar surface area (TPSA) is 39.6 Å². The number of aromatic nitrogens is 1. The Bertz CT molecular complexity index is 380. The number of aryl methyl sites for hydroxylation is 1. The number of rotatable bonds is 3. The van der Waals surface area contributed by atoms with Crippen LogP contribution in [0.15, 0.2) is 0 Å². The molecule has 1 aliphatic rings. The molecule has 0 radical (unpaired) electrons. The molecule has 5 heteroatoms. The van der Waals surface area contributed by atoms with Crippen molar-refractivity contribution >= 4 is 16.5 Å². The molecule has 0 aromatic carbocycles. The van der Waals surface area contributed by atoms with Gasteiger partial charge >= 0.3 is 0 Å². The third-order valence-corrected chi connectivity index (χ3v) is 4.75. The van der Waals surface area contributed by atoms with Crippen molar-refractivity contribution in [2.75, 3.05) is 31.6 Å². The van der Waals surface area contributed by atoms with Crippen molar-refractivity contribution in [3.8, 4) is 0 Å². The van der Waals surface area contributed by atoms with Crippen LogP contribution in [0, 0.1) is 6.92 Å². The number of thiazole rings is 1. The molecule has 0 spiro atoms. The van der Waals surface area contributed by atoms with E-state index in [9.17, 15) is 5.11 Å². The Hall–Kier alpha value is -0.650. The summed E-state index contributed by atoms with van der Waals surface area (Å²) < 4.78 is 0. The van der Waals surface area contributed by atoms with Gasteiger partial charge in [-0.25, -0.2) is 4.98 Å². The van der Waals surface area contributed by atoms with Gasteiger partial charge in [0, 0.05) is 25.7 Å². The fraction of sp³-hybridized carbons (Fsp3) is 0.750. The molecule has 1 fully saturated rings. The minimum Gasteiger partial charge on any atom is -0.391 e. The molecule has 1 aromatic heterocycles. The summed E-state index contributed by atoms with van der Waals surface area (Å²) in [6.07, 6.45) is 1.17. The van der Waals surface area contributed by atoms with Gasteiger partial charge in [-0.15, -0.1) is 0 Å². The van der Waals surface area contributed by atoms with E-state index in [0.29, 0.717) is 6.04 Å². The first-order valence-corrected chi connectivity index (χ1v) is 6.99. The number of anilines is 1. The van der Waals surface area contributed by atoms with Crippen molar-refractivity contribution in [2.24, 2.45) is 0 Å². The minimum absolute atomic E-state index is 0.106. The zero-order chi connectivity index (χ0) is 12.4. The van der Waals surface area contributed by atoms with Crippen molar-refractivity contribution in [2.45, 2.75) is 32.9 Å². The smallest absolute Gasteiger partial charge is 0.185 e. The summed E-state index contributed by atoms with van der Waals surface area (Å²) in [4.78, 5) is 10.3. The minimum atomic E-state index is 0.106. The fourth-order valence-corrected chi connectivity index (χ4v) is 3.21. The molecule has 1 N–H and O–H groups in total. The van der Waals surface area contributed by atoms with E-state index in [1.807, 2.05) is 6.92 Å². The lowest BCUT2D eigenvalue weighted by Crippen LogP contribution is -2.51. The largest absolute Gasteiger partial charge is 0.391 e. The molecule has 96 valence electrons. The van der Waals surface area contributed by atoms with Crippen LogP contribution >= 0.6 is 11.3 Å². The van der Waals surface area contributed by atoms with Gasteiger partial charge < -0.3 is 10.0 Å². The lowest BCUT2D eigenvalue weighted by molar-refractivity contribution is 0.213. The number of aliphatic hydroxyl groups excluding tert-OH is 1. The number of piperazine rings is 1. The van der Waals surface area contributed by atoms with Crippen molar-refractivity contribution in [1.82, 2.24) is 9.88 Å². The number of likely N-dealkylation sites (N-methyl/N-ethyl adjacent to an activating group) is 1. The maximum absolute atomic E-state index is 9.21. The molecule has 1 unspecified atom stereocenters. The average Bonchev–Trinajstić information content (AvgIpc) is 2.71. The highest BCUT2D eigenvalue weighted by Gasteiger charge is 2.25. The predicted molar refractivity (Wildman–Crippen MR) is 71.7 cm³/mol. The van der Waals surface area contributed by atoms with Gasteiger partial charge in [0.1, 0.15) is 0 Å². The lowest BCUT2D eigenvalue weighted by Gasteiger charge is -2.39. The standard InChI is InChI=1S/C12H21N3OS/c1-4-10-7-15(6-5-14(10)3)12-13-9(2)11(8-16)17-12/h10,16H,4-8H2,1-3H3. The Morgan fingerprint density at radius 3 is 2.82 bits per heavy atom. The molecule has 1 aliphatic heterocycles. The van der Waals surface area contributed by atoms with Crippen LogP contribution in [0.5, 0.6) is 0 Å². The summed E-state index contributed by atoms with van der Waals surface area (Å²) in [5, 5.41) is 10.3. The van der Waals surface area contributed by atoms with Gasteiger partial charge in [-0.05, 0) is 20.4 Å². The van der Waals surface area contributed by atoms with E-state index in [-0.39, 0.29) is 6.61 Å². The van der Waals surface area contributed by atoms with Gasteiger partial charge in [-0.1, -0.05) is 18.3 Å². The summed E-state index contributed by atoms with van der Waals surface area (Å²) in [6.45, 7) is 7.48. The number of hydrogen-bond acceptors (Lipinski definition) is 5. The molecule has 0 saturated carbocycles. The van der Waals surface area contributed by atoms with Crippen molar-refractivity contribution in [1.29, 1.82) is 0 Å². The highest BCUT2D eigenvalue weighted by Crippen LogP contribution is 2.27. The monoisotopic (exact) mass is 255 g/mol. The van der Waals surface area contributed by atoms with Crippen LogP contribution in [0.3, 0.4) is 0 Å². The molecule has 0 bridgehead atoms. The van der Waals surface area contributed by atoms with E-state index in [2.05, 4.69) is 28.8 Å². The SMILES string of the molecule is CCC1CN(c2nc(C)c(CO)s2)CCN1C. The molecule has 1 saturated heterocycles. The molecule has 17 heavy (non-hydrogen) atoms. The number of nitrogens with zero attached hydrogens (tertiary/aromatic N) is 3. The fourth-order valence-electron chi connectivity index (χ4n) is 2.26. The Balaban J connectivity index is 2.11. The molecule has 0 aliphatic carbocycles. The number of hydrogen-bond donors (Lipinski definition) is 1. The van der Waals surface area contributed by atoms with E-state index in [1.54, 1.807) is 11.3 Å². The Kier molecular flexibility index (Phi) is 4.01. The van der Waals surface area contributed by atoms with E-state index < -0.39 is 0 Å². The molecule has 4 nitrogen and oxygen atoms in total. The zero-order valence-corrected chi connectivity index (χ0v) is 11.6. The predicted octanol–water partition coefficient (Wildman–Crippen LogP) is 1.47. The Labute approximate surface area is 107 Å². The zero-order valence-electron chi connectivity index (χ0n) is 10.8. The van der Waals surface area contributed by atoms with Crippen LogP contribution in [0.25, 0.3) is 0 Å². The third-order valence-electron chi connectivity index (χ3n) is 3.54. The first-order valence-electron chi connectivity index (χ1n) is 6.18. The highest BCUT2D eigenvalue weighted by molar-refractivity contribution is 7.15. The van der Waals surface area contributed by atoms with Crippen LogP contribution in [0.1, 0.15) is 23.9 Å². The van der Waals surface area contributed by atoms with E-state index in [4.69, 9.17) is 0 Å². The average molecular weight is 255 g/mol. The maximum atomic E-state index is 9.21. The molecular formula is C12H21N3OS. The molecule has 0 amide bonds. The molecule has 1 atom stereocenters. The summed E-state index contributed by atoms with van der Waals surface area (Å²) in [6, 6.07) is 0.616. The third kappa shape index (κ3) is 2.61. The van der Waals surface area contributed by atoms with E-state index in [1.165, 1.54) is 6.42 Å². The second-order valence-electron chi connectivity index (χ2n) is 4.65. The van der Waals surface area contributed by atoms with Crippen LogP contribution in [-0.4, -0.2) is 47.7 Å². The maximum Gasteiger partial charge on any atom is 0.185 e. The normalized spacial score (nSPS) is 22.1. The van der Waals surface area contributed by atoms with E-state index in [0.717, 1.165) is 35.3 Å². The van der Waals surface area contributed by atoms with Gasteiger partial charge in [0.2, 0.25) is 0 Å². The van der Waals surface area contributed by atoms with Crippen LogP contribution in [0.2, 0.25) is 0 Å². The molecule has 2 rings (SSSR count). The highest BCUT2D eigenvalue weighted by atomic mass is 32.1. The Morgan fingerprint density at radius 2 is 2.24 bits per heavy atom. The lowest BCUT2D eigenvalue weighted by atomic mass is 10.1. The van der Waals surface area contributed by atoms with Gasteiger partial charge in [0.15, 0.2) is 5.13 Å². The second-order valence-corrected chi connectivity index (χ2v) is 5.71. The van der Waals surface area contributed by atoms with Crippen LogP contribution in [0.4, 0.5) is 5.13 Å². The van der Waals surface area contributed by atoms with Gasteiger partial charge in [-0.2, -0.15) is 0 Å². The second kappa shape index (κ2) is 5.33. The number of aliphatic hydroxyl groups is 1. The van der Waals surface area contributed by atoms with Gasteiger partial charge in [0.25, 0.3) is 0 Å². The molecule has 2 heterocycles. The summed E-state index contributed by atoms with van der Waals surface area (Å²) >= 11 is 1.63. The summed E-state index contributed by atoms with van der Waals surface area (Å²) in [7, 11) is 2.19. The molecular weight excluding hydrogens is 234 g/mol. The summed E-state index contributed by atoms with van der Waals surface area (Å²) in [5.41, 5.74) is 0.972. The first-order chi connectivity index (χ1) is 8.15. The quantitative estimate of drug-likeness (QED) is 0.888. The van der Waals surface area contributed by atoms with Crippen LogP contribution < -0.4 is 4.90 Å². The molecule has 1 aromatic rings. The van der Waals surface area contributed by atoms with Crippen LogP contribution in [-0.2, 0) is 6.61 Å². The van der Waals surface area contributed by atoms with Crippen molar-refractivity contribution < 1.29 is 5.11 Å². The van der Waals surface area contributed by atoms with Gasteiger partial charge in [-0.3, -0.25) is 4.90 Å². The van der Waals surface area contributed by atoms with Crippen molar-refractivity contribution in [3.05, 3.63) is 10.6 Å². The van der Waals surface area contributed by atoms with Gasteiger partial charge in [0.05, 0.1) is 17.2 Å². The summed E-state index contributed by atoms with van der Waals surface area (Å²) in [5.74, 6) is 0.